The number of hydrogen-bond acceptors (Lipinski definition) is 6. The second-order valence-electron chi connectivity index (χ2n) is 8.37. The van der Waals surface area contributed by atoms with Gasteiger partial charge in [0.1, 0.15) is 11.6 Å². The molecule has 8 nitrogen and oxygen atoms in total. The van der Waals surface area contributed by atoms with E-state index in [9.17, 15) is 13.6 Å². The Morgan fingerprint density at radius 2 is 1.83 bits per heavy atom. The van der Waals surface area contributed by atoms with Crippen molar-refractivity contribution in [2.45, 2.75) is 19.3 Å². The highest BCUT2D eigenvalue weighted by molar-refractivity contribution is 6.31. The predicted octanol–water partition coefficient (Wildman–Crippen LogP) is 4.50. The monoisotopic (exact) mass is 516 g/mol. The SMILES string of the molecule is Nc1ncc(-c2ccc(NC(=O)NCCN3CCCC3)cc2)nc1OCCc1c(F)ccc(F)c1Cl. The molecule has 1 aliphatic heterocycles. The highest BCUT2D eigenvalue weighted by Gasteiger charge is 2.14. The molecule has 4 N–H and O–H groups in total. The van der Waals surface area contributed by atoms with Crippen LogP contribution in [0.1, 0.15) is 18.4 Å². The summed E-state index contributed by atoms with van der Waals surface area (Å²) in [6, 6.07) is 8.79. The van der Waals surface area contributed by atoms with E-state index in [-0.39, 0.29) is 41.3 Å². The zero-order valence-electron chi connectivity index (χ0n) is 19.6. The maximum atomic E-state index is 14.0. The molecule has 0 atom stereocenters. The molecule has 0 radical (unpaired) electrons. The fraction of sp³-hybridized carbons (Fsp3) is 0.320. The van der Waals surface area contributed by atoms with Crippen molar-refractivity contribution in [2.75, 3.05) is 43.8 Å². The molecule has 36 heavy (non-hydrogen) atoms. The Labute approximate surface area is 212 Å². The molecule has 0 aliphatic carbocycles. The lowest BCUT2D eigenvalue weighted by atomic mass is 10.1. The lowest BCUT2D eigenvalue weighted by Crippen LogP contribution is -2.35. The van der Waals surface area contributed by atoms with E-state index in [0.717, 1.165) is 37.3 Å². The Kier molecular flexibility index (Phi) is 8.50. The van der Waals surface area contributed by atoms with Gasteiger partial charge in [-0.2, -0.15) is 0 Å². The topological polar surface area (TPSA) is 105 Å². The van der Waals surface area contributed by atoms with Crippen molar-refractivity contribution in [1.82, 2.24) is 20.2 Å². The van der Waals surface area contributed by atoms with Crippen molar-refractivity contribution in [2.24, 2.45) is 0 Å². The van der Waals surface area contributed by atoms with Gasteiger partial charge in [-0.1, -0.05) is 23.7 Å². The second kappa shape index (κ2) is 12.0. The van der Waals surface area contributed by atoms with Gasteiger partial charge in [0, 0.05) is 36.3 Å². The minimum atomic E-state index is -0.702. The van der Waals surface area contributed by atoms with E-state index in [4.69, 9.17) is 22.1 Å². The van der Waals surface area contributed by atoms with E-state index in [1.807, 2.05) is 0 Å². The van der Waals surface area contributed by atoms with E-state index in [1.165, 1.54) is 19.0 Å². The molecule has 2 aromatic carbocycles. The summed E-state index contributed by atoms with van der Waals surface area (Å²) in [4.78, 5) is 23.0. The summed E-state index contributed by atoms with van der Waals surface area (Å²) < 4.78 is 33.2. The largest absolute Gasteiger partial charge is 0.475 e. The van der Waals surface area contributed by atoms with Crippen molar-refractivity contribution in [3.05, 3.63) is 64.8 Å². The minimum Gasteiger partial charge on any atom is -0.475 e. The van der Waals surface area contributed by atoms with Gasteiger partial charge in [-0.3, -0.25) is 0 Å². The number of likely N-dealkylation sites (tertiary alicyclic amines) is 1. The highest BCUT2D eigenvalue weighted by atomic mass is 35.5. The summed E-state index contributed by atoms with van der Waals surface area (Å²) in [5.41, 5.74) is 7.74. The summed E-state index contributed by atoms with van der Waals surface area (Å²) in [7, 11) is 0. The molecule has 2 amide bonds. The molecule has 11 heteroatoms. The highest BCUT2D eigenvalue weighted by Crippen LogP contribution is 2.26. The molecule has 1 aromatic heterocycles. The number of ether oxygens (including phenoxy) is 1. The van der Waals surface area contributed by atoms with Gasteiger partial charge in [-0.15, -0.1) is 0 Å². The van der Waals surface area contributed by atoms with Gasteiger partial charge in [0.25, 0.3) is 5.88 Å². The number of carbonyl (C=O) groups excluding carboxylic acids is 1. The van der Waals surface area contributed by atoms with Crippen LogP contribution < -0.4 is 21.1 Å². The van der Waals surface area contributed by atoms with Crippen LogP contribution in [0, 0.1) is 11.6 Å². The third-order valence-corrected chi connectivity index (χ3v) is 6.26. The fourth-order valence-electron chi connectivity index (χ4n) is 3.91. The Bertz CT molecular complexity index is 1210. The van der Waals surface area contributed by atoms with Crippen LogP contribution >= 0.6 is 11.6 Å². The lowest BCUT2D eigenvalue weighted by molar-refractivity contribution is 0.249. The van der Waals surface area contributed by atoms with Crippen LogP contribution in [0.4, 0.5) is 25.1 Å². The molecular formula is C25H27ClF2N6O2. The molecule has 1 aliphatic rings. The number of nitrogens with one attached hydrogen (secondary N) is 2. The Morgan fingerprint density at radius 1 is 1.11 bits per heavy atom. The first-order valence-corrected chi connectivity index (χ1v) is 12.0. The first-order chi connectivity index (χ1) is 17.4. The van der Waals surface area contributed by atoms with E-state index < -0.39 is 11.6 Å². The van der Waals surface area contributed by atoms with Crippen LogP contribution in [-0.2, 0) is 6.42 Å². The Hall–Kier alpha value is -3.50. The van der Waals surface area contributed by atoms with Gasteiger partial charge in [0.2, 0.25) is 0 Å². The number of amides is 2. The number of anilines is 2. The zero-order chi connectivity index (χ0) is 25.5. The minimum absolute atomic E-state index is 0.0162. The third-order valence-electron chi connectivity index (χ3n) is 5.85. The van der Waals surface area contributed by atoms with Crippen LogP contribution in [0.3, 0.4) is 0 Å². The van der Waals surface area contributed by atoms with Crippen LogP contribution in [0.2, 0.25) is 5.02 Å². The van der Waals surface area contributed by atoms with Gasteiger partial charge in [-0.25, -0.2) is 23.5 Å². The van der Waals surface area contributed by atoms with Crippen LogP contribution in [-0.4, -0.2) is 53.7 Å². The quantitative estimate of drug-likeness (QED) is 0.362. The van der Waals surface area contributed by atoms with Gasteiger partial charge in [0.05, 0.1) is 23.5 Å². The van der Waals surface area contributed by atoms with E-state index in [2.05, 4.69) is 25.5 Å². The molecular weight excluding hydrogens is 490 g/mol. The molecule has 4 rings (SSSR count). The molecule has 0 bridgehead atoms. The molecule has 0 saturated carbocycles. The second-order valence-corrected chi connectivity index (χ2v) is 8.75. The number of benzene rings is 2. The molecule has 3 aromatic rings. The number of halogens is 3. The van der Waals surface area contributed by atoms with Crippen LogP contribution in [0.5, 0.6) is 5.88 Å². The summed E-state index contributed by atoms with van der Waals surface area (Å²) in [6.45, 7) is 3.58. The number of carbonyl (C=O) groups is 1. The molecule has 2 heterocycles. The zero-order valence-corrected chi connectivity index (χ0v) is 20.3. The number of nitrogen functional groups attached to an aromatic ring is 1. The van der Waals surface area contributed by atoms with Crippen molar-refractivity contribution >= 4 is 29.1 Å². The predicted molar refractivity (Wildman–Crippen MR) is 135 cm³/mol. The number of hydrogen-bond donors (Lipinski definition) is 3. The van der Waals surface area contributed by atoms with Crippen LogP contribution in [0.25, 0.3) is 11.3 Å². The number of urea groups is 1. The van der Waals surface area contributed by atoms with E-state index >= 15 is 0 Å². The number of aromatic nitrogens is 2. The molecule has 0 spiro atoms. The van der Waals surface area contributed by atoms with Gasteiger partial charge < -0.3 is 26.0 Å². The Balaban J connectivity index is 1.32. The van der Waals surface area contributed by atoms with Gasteiger partial charge in [-0.05, 0) is 50.2 Å². The summed E-state index contributed by atoms with van der Waals surface area (Å²) in [5.74, 6) is -1.19. The van der Waals surface area contributed by atoms with Crippen molar-refractivity contribution in [3.8, 4) is 17.1 Å². The average Bonchev–Trinajstić information content (AvgIpc) is 3.39. The molecule has 190 valence electrons. The number of nitrogens with zero attached hydrogens (tertiary/aromatic N) is 3. The standard InChI is InChI=1S/C25H27ClF2N6O2/c26-22-18(19(27)7-8-20(22)28)9-14-36-24-23(29)31-15-21(33-24)16-3-5-17(6-4-16)32-25(35)30-10-13-34-11-1-2-12-34/h3-8,15H,1-2,9-14H2,(H2,29,31)(H2,30,32,35). The van der Waals surface area contributed by atoms with Crippen molar-refractivity contribution in [3.63, 3.8) is 0 Å². The third kappa shape index (κ3) is 6.58. The smallest absolute Gasteiger partial charge is 0.319 e. The van der Waals surface area contributed by atoms with Crippen LogP contribution in [0.15, 0.2) is 42.6 Å². The summed E-state index contributed by atoms with van der Waals surface area (Å²) in [5, 5.41) is 5.39. The number of nitrogens with two attached hydrogens (primary N) is 1. The van der Waals surface area contributed by atoms with Crippen molar-refractivity contribution in [1.29, 1.82) is 0 Å². The number of rotatable bonds is 9. The van der Waals surface area contributed by atoms with Crippen molar-refractivity contribution < 1.29 is 18.3 Å². The van der Waals surface area contributed by atoms with E-state index in [1.54, 1.807) is 24.3 Å². The molecule has 1 fully saturated rings. The molecule has 1 saturated heterocycles. The Morgan fingerprint density at radius 3 is 2.58 bits per heavy atom. The van der Waals surface area contributed by atoms with Gasteiger partial charge >= 0.3 is 6.03 Å². The molecule has 0 unspecified atom stereocenters. The maximum absolute atomic E-state index is 14.0. The first kappa shape index (κ1) is 25.6. The van der Waals surface area contributed by atoms with E-state index in [0.29, 0.717) is 17.9 Å². The normalized spacial score (nSPS) is 13.5. The summed E-state index contributed by atoms with van der Waals surface area (Å²) >= 11 is 5.86. The maximum Gasteiger partial charge on any atom is 0.319 e. The average molecular weight is 517 g/mol. The lowest BCUT2D eigenvalue weighted by Gasteiger charge is -2.15. The fourth-order valence-corrected chi connectivity index (χ4v) is 4.16. The van der Waals surface area contributed by atoms with Gasteiger partial charge in [0.15, 0.2) is 5.82 Å². The first-order valence-electron chi connectivity index (χ1n) is 11.7. The summed E-state index contributed by atoms with van der Waals surface area (Å²) in [6.07, 6.45) is 3.95.